The number of thioether (sulfide) groups is 1. The summed E-state index contributed by atoms with van der Waals surface area (Å²) in [4.78, 5) is 24.5. The van der Waals surface area contributed by atoms with Gasteiger partial charge in [-0.2, -0.15) is 0 Å². The molecule has 0 saturated heterocycles. The lowest BCUT2D eigenvalue weighted by molar-refractivity contribution is -0.118. The average molecular weight is 399 g/mol. The molecule has 2 amide bonds. The fourth-order valence-electron chi connectivity index (χ4n) is 1.65. The molecule has 1 aromatic heterocycles. The van der Waals surface area contributed by atoms with Crippen LogP contribution in [0.2, 0.25) is 0 Å². The second-order valence-corrected chi connectivity index (χ2v) is 7.34. The van der Waals surface area contributed by atoms with E-state index in [1.807, 2.05) is 41.8 Å². The topological polar surface area (TPSA) is 58.2 Å². The van der Waals surface area contributed by atoms with E-state index in [1.165, 1.54) is 11.8 Å². The van der Waals surface area contributed by atoms with Crippen LogP contribution in [0.5, 0.6) is 0 Å². The van der Waals surface area contributed by atoms with Gasteiger partial charge in [0, 0.05) is 15.0 Å². The molecule has 116 valence electrons. The zero-order chi connectivity index (χ0) is 15.8. The molecule has 0 saturated carbocycles. The van der Waals surface area contributed by atoms with E-state index in [2.05, 4.69) is 26.6 Å². The third-order valence-electron chi connectivity index (χ3n) is 2.61. The molecule has 0 bridgehead atoms. The van der Waals surface area contributed by atoms with Crippen molar-refractivity contribution in [1.29, 1.82) is 0 Å². The lowest BCUT2D eigenvalue weighted by atomic mass is 10.3. The first kappa shape index (κ1) is 17.1. The Morgan fingerprint density at radius 2 is 1.95 bits per heavy atom. The van der Waals surface area contributed by atoms with Crippen LogP contribution < -0.4 is 10.6 Å². The Bertz CT molecular complexity index is 632. The van der Waals surface area contributed by atoms with E-state index in [0.29, 0.717) is 6.54 Å². The van der Waals surface area contributed by atoms with Gasteiger partial charge in [0.25, 0.3) is 0 Å². The monoisotopic (exact) mass is 398 g/mol. The molecule has 1 aromatic carbocycles. The Balaban J connectivity index is 1.63. The number of rotatable bonds is 7. The Morgan fingerprint density at radius 1 is 1.14 bits per heavy atom. The molecule has 22 heavy (non-hydrogen) atoms. The predicted octanol–water partition coefficient (Wildman–Crippen LogP) is 3.50. The molecule has 0 radical (unpaired) electrons. The number of anilines is 1. The van der Waals surface area contributed by atoms with E-state index in [-0.39, 0.29) is 23.3 Å². The van der Waals surface area contributed by atoms with Gasteiger partial charge in [-0.15, -0.1) is 23.1 Å². The summed E-state index contributed by atoms with van der Waals surface area (Å²) in [5, 5.41) is 7.59. The molecular weight excluding hydrogens is 384 g/mol. The SMILES string of the molecule is O=C(CSCC(=O)Nc1cccc(Br)c1)NCc1cccs1. The van der Waals surface area contributed by atoms with Crippen LogP contribution in [-0.4, -0.2) is 23.3 Å². The van der Waals surface area contributed by atoms with Gasteiger partial charge >= 0.3 is 0 Å². The number of nitrogens with one attached hydrogen (secondary N) is 2. The third kappa shape index (κ3) is 6.21. The quantitative estimate of drug-likeness (QED) is 0.750. The number of carbonyl (C=O) groups excluding carboxylic acids is 2. The number of hydrogen-bond acceptors (Lipinski definition) is 4. The minimum atomic E-state index is -0.117. The molecule has 2 N–H and O–H groups in total. The van der Waals surface area contributed by atoms with E-state index in [4.69, 9.17) is 0 Å². The molecule has 4 nitrogen and oxygen atoms in total. The van der Waals surface area contributed by atoms with Crippen molar-refractivity contribution < 1.29 is 9.59 Å². The van der Waals surface area contributed by atoms with E-state index < -0.39 is 0 Å². The summed E-state index contributed by atoms with van der Waals surface area (Å²) < 4.78 is 0.908. The Kier molecular flexibility index (Phi) is 6.95. The molecule has 0 aliphatic carbocycles. The van der Waals surface area contributed by atoms with Crippen LogP contribution in [0.1, 0.15) is 4.88 Å². The number of halogens is 1. The van der Waals surface area contributed by atoms with Gasteiger partial charge < -0.3 is 10.6 Å². The highest BCUT2D eigenvalue weighted by molar-refractivity contribution is 9.10. The van der Waals surface area contributed by atoms with Crippen LogP contribution in [0.4, 0.5) is 5.69 Å². The standard InChI is InChI=1S/C15H15BrN2O2S2/c16-11-3-1-4-12(7-11)18-15(20)10-21-9-14(19)17-8-13-5-2-6-22-13/h1-7H,8-10H2,(H,17,19)(H,18,20). The van der Waals surface area contributed by atoms with E-state index in [9.17, 15) is 9.59 Å². The number of amides is 2. The molecule has 0 aliphatic rings. The lowest BCUT2D eigenvalue weighted by Gasteiger charge is -2.06. The molecule has 0 aliphatic heterocycles. The Hall–Kier alpha value is -1.31. The van der Waals surface area contributed by atoms with Crippen molar-refractivity contribution in [3.05, 3.63) is 51.1 Å². The lowest BCUT2D eigenvalue weighted by Crippen LogP contribution is -2.25. The first-order valence-electron chi connectivity index (χ1n) is 6.56. The Morgan fingerprint density at radius 3 is 2.68 bits per heavy atom. The van der Waals surface area contributed by atoms with Crippen LogP contribution in [0.3, 0.4) is 0 Å². The van der Waals surface area contributed by atoms with E-state index in [0.717, 1.165) is 15.0 Å². The molecule has 2 rings (SSSR count). The van der Waals surface area contributed by atoms with Crippen molar-refractivity contribution in [3.63, 3.8) is 0 Å². The van der Waals surface area contributed by atoms with Gasteiger partial charge in [-0.3, -0.25) is 9.59 Å². The Labute approximate surface area is 145 Å². The fourth-order valence-corrected chi connectivity index (χ4v) is 3.34. The first-order valence-corrected chi connectivity index (χ1v) is 9.38. The zero-order valence-electron chi connectivity index (χ0n) is 11.7. The van der Waals surface area contributed by atoms with Crippen LogP contribution in [-0.2, 0) is 16.1 Å². The van der Waals surface area contributed by atoms with E-state index in [1.54, 1.807) is 11.3 Å². The highest BCUT2D eigenvalue weighted by Gasteiger charge is 2.06. The molecule has 1 heterocycles. The van der Waals surface area contributed by atoms with Crippen molar-refractivity contribution in [2.24, 2.45) is 0 Å². The van der Waals surface area contributed by atoms with Crippen molar-refractivity contribution in [3.8, 4) is 0 Å². The highest BCUT2D eigenvalue weighted by Crippen LogP contribution is 2.16. The third-order valence-corrected chi connectivity index (χ3v) is 4.92. The van der Waals surface area contributed by atoms with Gasteiger partial charge in [0.15, 0.2) is 0 Å². The largest absolute Gasteiger partial charge is 0.350 e. The normalized spacial score (nSPS) is 10.2. The maximum Gasteiger partial charge on any atom is 0.234 e. The molecule has 2 aromatic rings. The molecular formula is C15H15BrN2O2S2. The summed E-state index contributed by atoms with van der Waals surface area (Å²) in [6.07, 6.45) is 0. The van der Waals surface area contributed by atoms with Crippen LogP contribution in [0, 0.1) is 0 Å². The summed E-state index contributed by atoms with van der Waals surface area (Å²) in [7, 11) is 0. The molecule has 0 atom stereocenters. The minimum absolute atomic E-state index is 0.0614. The van der Waals surface area contributed by atoms with Gasteiger partial charge in [-0.1, -0.05) is 28.1 Å². The smallest absolute Gasteiger partial charge is 0.234 e. The van der Waals surface area contributed by atoms with Crippen LogP contribution in [0.15, 0.2) is 46.3 Å². The van der Waals surface area contributed by atoms with Gasteiger partial charge in [-0.25, -0.2) is 0 Å². The number of hydrogen-bond donors (Lipinski definition) is 2. The number of benzene rings is 1. The second-order valence-electron chi connectivity index (χ2n) is 4.41. The minimum Gasteiger partial charge on any atom is -0.350 e. The maximum absolute atomic E-state index is 11.8. The van der Waals surface area contributed by atoms with Gasteiger partial charge in [-0.05, 0) is 29.6 Å². The highest BCUT2D eigenvalue weighted by atomic mass is 79.9. The average Bonchev–Trinajstić information content (AvgIpc) is 2.98. The fraction of sp³-hybridized carbons (Fsp3) is 0.200. The number of thiophene rings is 1. The van der Waals surface area contributed by atoms with Crippen molar-refractivity contribution in [2.75, 3.05) is 16.8 Å². The van der Waals surface area contributed by atoms with Crippen molar-refractivity contribution >= 4 is 56.5 Å². The maximum atomic E-state index is 11.8. The second kappa shape index (κ2) is 8.97. The summed E-state index contributed by atoms with van der Waals surface area (Å²) >= 11 is 6.25. The molecule has 0 spiro atoms. The first-order chi connectivity index (χ1) is 10.6. The summed E-state index contributed by atoms with van der Waals surface area (Å²) in [6, 6.07) is 11.3. The molecule has 7 heteroatoms. The molecule has 0 fully saturated rings. The molecule has 0 unspecified atom stereocenters. The van der Waals surface area contributed by atoms with E-state index >= 15 is 0 Å². The van der Waals surface area contributed by atoms with Gasteiger partial charge in [0.2, 0.25) is 11.8 Å². The summed E-state index contributed by atoms with van der Waals surface area (Å²) in [5.41, 5.74) is 0.738. The van der Waals surface area contributed by atoms with Gasteiger partial charge in [0.1, 0.15) is 0 Å². The predicted molar refractivity (Wildman–Crippen MR) is 96.3 cm³/mol. The zero-order valence-corrected chi connectivity index (χ0v) is 14.9. The van der Waals surface area contributed by atoms with Crippen molar-refractivity contribution in [1.82, 2.24) is 5.32 Å². The van der Waals surface area contributed by atoms with Crippen LogP contribution in [0.25, 0.3) is 0 Å². The van der Waals surface area contributed by atoms with Crippen molar-refractivity contribution in [2.45, 2.75) is 6.54 Å². The summed E-state index contributed by atoms with van der Waals surface area (Å²) in [6.45, 7) is 0.543. The summed E-state index contributed by atoms with van der Waals surface area (Å²) in [5.74, 6) is 0.346. The van der Waals surface area contributed by atoms with Crippen LogP contribution >= 0.6 is 39.0 Å². The number of carbonyl (C=O) groups is 2. The van der Waals surface area contributed by atoms with Gasteiger partial charge in [0.05, 0.1) is 18.1 Å².